The Morgan fingerprint density at radius 1 is 0.950 bits per heavy atom. The minimum absolute atomic E-state index is 0.177. The predicted molar refractivity (Wildman–Crippen MR) is 71.1 cm³/mol. The molecule has 0 saturated heterocycles. The van der Waals surface area contributed by atoms with Gasteiger partial charge in [-0.2, -0.15) is 13.2 Å². The summed E-state index contributed by atoms with van der Waals surface area (Å²) >= 11 is 0. The van der Waals surface area contributed by atoms with Crippen molar-refractivity contribution in [1.82, 2.24) is 0 Å². The average Bonchev–Trinajstić information content (AvgIpc) is 3.19. The van der Waals surface area contributed by atoms with Gasteiger partial charge in [-0.3, -0.25) is 0 Å². The quantitative estimate of drug-likeness (QED) is 0.829. The molecule has 0 amide bonds. The van der Waals surface area contributed by atoms with Crippen LogP contribution in [-0.4, -0.2) is 11.3 Å². The molecule has 2 saturated carbocycles. The minimum atomic E-state index is -4.28. The third kappa shape index (κ3) is 2.19. The summed E-state index contributed by atoms with van der Waals surface area (Å²) in [6, 6.07) is 3.21. The second-order valence-electron chi connectivity index (χ2n) is 6.67. The Balaban J connectivity index is 2.14. The highest BCUT2D eigenvalue weighted by atomic mass is 19.4. The van der Waals surface area contributed by atoms with Gasteiger partial charge in [-0.05, 0) is 74.1 Å². The van der Waals surface area contributed by atoms with Crippen molar-refractivity contribution in [2.45, 2.75) is 63.0 Å². The normalized spacial score (nSPS) is 20.2. The number of hydrogen-bond donors (Lipinski definition) is 1. The van der Waals surface area contributed by atoms with Gasteiger partial charge in [0.05, 0.1) is 5.41 Å². The Labute approximate surface area is 116 Å². The van der Waals surface area contributed by atoms with E-state index in [9.17, 15) is 18.3 Å². The molecule has 0 aliphatic heterocycles. The van der Waals surface area contributed by atoms with Gasteiger partial charge >= 0.3 is 6.18 Å². The van der Waals surface area contributed by atoms with Crippen LogP contribution in [-0.2, 0) is 5.41 Å². The van der Waals surface area contributed by atoms with Crippen LogP contribution in [0.25, 0.3) is 0 Å². The number of phenolic OH excluding ortho intramolecular Hbond substituents is 1. The highest BCUT2D eigenvalue weighted by molar-refractivity contribution is 5.50. The molecule has 1 aromatic carbocycles. The van der Waals surface area contributed by atoms with Crippen molar-refractivity contribution in [3.05, 3.63) is 28.8 Å². The second-order valence-corrected chi connectivity index (χ2v) is 6.67. The monoisotopic (exact) mass is 284 g/mol. The van der Waals surface area contributed by atoms with E-state index >= 15 is 0 Å². The summed E-state index contributed by atoms with van der Waals surface area (Å²) < 4.78 is 40.1. The first-order valence-electron chi connectivity index (χ1n) is 7.16. The standard InChI is InChI=1S/C16H19F3O/c1-15(2,16(17,18)19)13-7-12(10-5-6-10)14(20)8-11(13)9-3-4-9/h7-10,20H,3-6H2,1-2H3. The molecule has 0 bridgehead atoms. The molecular formula is C16H19F3O. The first kappa shape index (κ1) is 13.8. The van der Waals surface area contributed by atoms with E-state index in [0.29, 0.717) is 16.7 Å². The van der Waals surface area contributed by atoms with Crippen molar-refractivity contribution >= 4 is 0 Å². The topological polar surface area (TPSA) is 20.2 Å². The van der Waals surface area contributed by atoms with Crippen molar-refractivity contribution < 1.29 is 18.3 Å². The van der Waals surface area contributed by atoms with Gasteiger partial charge in [0.15, 0.2) is 0 Å². The zero-order chi connectivity index (χ0) is 14.7. The van der Waals surface area contributed by atoms with Crippen LogP contribution in [0.3, 0.4) is 0 Å². The van der Waals surface area contributed by atoms with Gasteiger partial charge in [-0.1, -0.05) is 6.07 Å². The van der Waals surface area contributed by atoms with E-state index in [0.717, 1.165) is 25.7 Å². The van der Waals surface area contributed by atoms with Crippen LogP contribution >= 0.6 is 0 Å². The van der Waals surface area contributed by atoms with Gasteiger partial charge in [-0.15, -0.1) is 0 Å². The van der Waals surface area contributed by atoms with Gasteiger partial charge < -0.3 is 5.11 Å². The largest absolute Gasteiger partial charge is 0.508 e. The Kier molecular flexibility index (Phi) is 2.86. The molecule has 0 radical (unpaired) electrons. The molecule has 20 heavy (non-hydrogen) atoms. The molecule has 0 aromatic heterocycles. The zero-order valence-electron chi connectivity index (χ0n) is 11.7. The van der Waals surface area contributed by atoms with Crippen LogP contribution in [0.15, 0.2) is 12.1 Å². The van der Waals surface area contributed by atoms with E-state index in [2.05, 4.69) is 0 Å². The Morgan fingerprint density at radius 3 is 1.90 bits per heavy atom. The van der Waals surface area contributed by atoms with Crippen LogP contribution in [0.2, 0.25) is 0 Å². The highest BCUT2D eigenvalue weighted by Gasteiger charge is 2.50. The summed E-state index contributed by atoms with van der Waals surface area (Å²) in [4.78, 5) is 0. The fraction of sp³-hybridized carbons (Fsp3) is 0.625. The molecule has 4 heteroatoms. The number of hydrogen-bond acceptors (Lipinski definition) is 1. The summed E-state index contributed by atoms with van der Waals surface area (Å²) in [5.41, 5.74) is -0.134. The SMILES string of the molecule is CC(C)(c1cc(C2CC2)c(O)cc1C1CC1)C(F)(F)F. The zero-order valence-corrected chi connectivity index (χ0v) is 11.7. The molecule has 0 heterocycles. The highest BCUT2D eigenvalue weighted by Crippen LogP contribution is 2.53. The van der Waals surface area contributed by atoms with E-state index in [4.69, 9.17) is 0 Å². The lowest BCUT2D eigenvalue weighted by atomic mass is 9.78. The number of halogens is 3. The summed E-state index contributed by atoms with van der Waals surface area (Å²) in [7, 11) is 0. The van der Waals surface area contributed by atoms with E-state index in [-0.39, 0.29) is 17.6 Å². The molecule has 1 N–H and O–H groups in total. The molecule has 0 spiro atoms. The van der Waals surface area contributed by atoms with Crippen molar-refractivity contribution in [2.75, 3.05) is 0 Å². The van der Waals surface area contributed by atoms with Crippen LogP contribution in [0, 0.1) is 0 Å². The predicted octanol–water partition coefficient (Wildman–Crippen LogP) is 4.99. The summed E-state index contributed by atoms with van der Waals surface area (Å²) in [6.45, 7) is 2.48. The van der Waals surface area contributed by atoms with Crippen LogP contribution in [0.5, 0.6) is 5.75 Å². The lowest BCUT2D eigenvalue weighted by Crippen LogP contribution is -2.37. The molecule has 0 atom stereocenters. The number of alkyl halides is 3. The van der Waals surface area contributed by atoms with Crippen LogP contribution in [0.4, 0.5) is 13.2 Å². The molecular weight excluding hydrogens is 265 g/mol. The smallest absolute Gasteiger partial charge is 0.397 e. The Morgan fingerprint density at radius 2 is 1.45 bits per heavy atom. The maximum absolute atomic E-state index is 13.4. The van der Waals surface area contributed by atoms with Gasteiger partial charge in [0, 0.05) is 0 Å². The molecule has 110 valence electrons. The van der Waals surface area contributed by atoms with E-state index < -0.39 is 11.6 Å². The molecule has 1 aromatic rings. The fourth-order valence-corrected chi connectivity index (χ4v) is 2.77. The second kappa shape index (κ2) is 4.15. The lowest BCUT2D eigenvalue weighted by molar-refractivity contribution is -0.180. The van der Waals surface area contributed by atoms with Crippen LogP contribution in [0.1, 0.15) is 68.1 Å². The van der Waals surface area contributed by atoms with Crippen molar-refractivity contribution in [3.8, 4) is 5.75 Å². The maximum atomic E-state index is 13.4. The number of aromatic hydroxyl groups is 1. The first-order chi connectivity index (χ1) is 9.22. The van der Waals surface area contributed by atoms with Gasteiger partial charge in [0.25, 0.3) is 0 Å². The van der Waals surface area contributed by atoms with E-state index in [1.165, 1.54) is 13.8 Å². The third-order valence-corrected chi connectivity index (χ3v) is 4.62. The molecule has 3 rings (SSSR count). The maximum Gasteiger partial charge on any atom is 0.397 e. The van der Waals surface area contributed by atoms with Gasteiger partial charge in [-0.25, -0.2) is 0 Å². The lowest BCUT2D eigenvalue weighted by Gasteiger charge is -2.31. The molecule has 2 aliphatic rings. The van der Waals surface area contributed by atoms with E-state index in [1.54, 1.807) is 12.1 Å². The average molecular weight is 284 g/mol. The summed E-state index contributed by atoms with van der Waals surface area (Å²) in [5, 5.41) is 10.1. The number of phenols is 1. The number of rotatable bonds is 3. The summed E-state index contributed by atoms with van der Waals surface area (Å²) in [6.07, 6.45) is -0.523. The molecule has 2 fully saturated rings. The molecule has 0 unspecified atom stereocenters. The Bertz CT molecular complexity index is 537. The molecule has 2 aliphatic carbocycles. The van der Waals surface area contributed by atoms with Crippen molar-refractivity contribution in [3.63, 3.8) is 0 Å². The van der Waals surface area contributed by atoms with E-state index in [1.807, 2.05) is 0 Å². The van der Waals surface area contributed by atoms with Crippen LogP contribution < -0.4 is 0 Å². The molecule has 1 nitrogen and oxygen atoms in total. The Hall–Kier alpha value is -1.19. The first-order valence-corrected chi connectivity index (χ1v) is 7.16. The van der Waals surface area contributed by atoms with Gasteiger partial charge in [0.2, 0.25) is 0 Å². The van der Waals surface area contributed by atoms with Gasteiger partial charge in [0.1, 0.15) is 5.75 Å². The van der Waals surface area contributed by atoms with Crippen molar-refractivity contribution in [1.29, 1.82) is 0 Å². The summed E-state index contributed by atoms with van der Waals surface area (Å²) in [5.74, 6) is 0.605. The van der Waals surface area contributed by atoms with Crippen molar-refractivity contribution in [2.24, 2.45) is 0 Å². The third-order valence-electron chi connectivity index (χ3n) is 4.62. The minimum Gasteiger partial charge on any atom is -0.508 e. The fourth-order valence-electron chi connectivity index (χ4n) is 2.77. The number of benzene rings is 1.